The normalized spacial score (nSPS) is 11.2. The third kappa shape index (κ3) is 2.61. The minimum absolute atomic E-state index is 0.389. The van der Waals surface area contributed by atoms with Crippen LogP contribution >= 0.6 is 0 Å². The molecule has 0 aliphatic rings. The fourth-order valence-corrected chi connectivity index (χ4v) is 2.03. The van der Waals surface area contributed by atoms with Gasteiger partial charge in [-0.3, -0.25) is 14.6 Å². The molecule has 0 amide bonds. The summed E-state index contributed by atoms with van der Waals surface area (Å²) in [4.78, 5) is 8.56. The van der Waals surface area contributed by atoms with Crippen LogP contribution in [0.3, 0.4) is 0 Å². The lowest BCUT2D eigenvalue weighted by Crippen LogP contribution is -2.01. The number of nitrogens with zero attached hydrogens (tertiary/aromatic N) is 4. The van der Waals surface area contributed by atoms with Crippen LogP contribution in [0.15, 0.2) is 43.0 Å². The number of benzene rings is 1. The lowest BCUT2D eigenvalue weighted by Gasteiger charge is -2.06. The summed E-state index contributed by atoms with van der Waals surface area (Å²) in [6.45, 7) is 4.98. The van der Waals surface area contributed by atoms with Gasteiger partial charge in [-0.2, -0.15) is 5.10 Å². The number of nitrogens with one attached hydrogen (secondary N) is 1. The van der Waals surface area contributed by atoms with Crippen molar-refractivity contribution in [3.63, 3.8) is 0 Å². The second kappa shape index (κ2) is 5.28. The first-order valence-corrected chi connectivity index (χ1v) is 6.70. The Morgan fingerprint density at radius 1 is 1.15 bits per heavy atom. The molecule has 2 aromatic heterocycles. The standard InChI is InChI=1S/C15H17N5/c1-11(2)20-10-12(9-19-20)8-18-13-3-4-14-15(7-13)17-6-5-16-14/h3-7,9-11,18H,8H2,1-2H3. The zero-order chi connectivity index (χ0) is 13.9. The van der Waals surface area contributed by atoms with Crippen LogP contribution in [0.5, 0.6) is 0 Å². The predicted molar refractivity (Wildman–Crippen MR) is 79.5 cm³/mol. The second-order valence-electron chi connectivity index (χ2n) is 5.04. The molecule has 1 N–H and O–H groups in total. The Bertz CT molecular complexity index is 717. The van der Waals surface area contributed by atoms with Crippen molar-refractivity contribution in [2.45, 2.75) is 26.4 Å². The summed E-state index contributed by atoms with van der Waals surface area (Å²) in [5, 5.41) is 7.72. The van der Waals surface area contributed by atoms with Crippen LogP contribution < -0.4 is 5.32 Å². The van der Waals surface area contributed by atoms with E-state index in [4.69, 9.17) is 0 Å². The van der Waals surface area contributed by atoms with Crippen molar-refractivity contribution >= 4 is 16.7 Å². The van der Waals surface area contributed by atoms with Crippen molar-refractivity contribution in [1.29, 1.82) is 0 Å². The van der Waals surface area contributed by atoms with Gasteiger partial charge in [0.15, 0.2) is 0 Å². The van der Waals surface area contributed by atoms with Crippen LogP contribution in [0.2, 0.25) is 0 Å². The van der Waals surface area contributed by atoms with E-state index >= 15 is 0 Å². The zero-order valence-corrected chi connectivity index (χ0v) is 11.6. The van der Waals surface area contributed by atoms with Crippen molar-refractivity contribution in [2.24, 2.45) is 0 Å². The Kier molecular flexibility index (Phi) is 3.33. The molecule has 0 saturated carbocycles. The highest BCUT2D eigenvalue weighted by atomic mass is 15.3. The molecule has 5 nitrogen and oxygen atoms in total. The van der Waals surface area contributed by atoms with E-state index in [-0.39, 0.29) is 0 Å². The highest BCUT2D eigenvalue weighted by Gasteiger charge is 2.02. The molecular formula is C15H17N5. The van der Waals surface area contributed by atoms with Gasteiger partial charge < -0.3 is 5.32 Å². The molecule has 20 heavy (non-hydrogen) atoms. The first kappa shape index (κ1) is 12.6. The molecule has 3 aromatic rings. The second-order valence-corrected chi connectivity index (χ2v) is 5.04. The van der Waals surface area contributed by atoms with E-state index in [0.29, 0.717) is 6.04 Å². The van der Waals surface area contributed by atoms with E-state index in [9.17, 15) is 0 Å². The van der Waals surface area contributed by atoms with Crippen molar-refractivity contribution in [2.75, 3.05) is 5.32 Å². The summed E-state index contributed by atoms with van der Waals surface area (Å²) in [6, 6.07) is 6.39. The molecule has 102 valence electrons. The van der Waals surface area contributed by atoms with Gasteiger partial charge in [0.05, 0.1) is 17.2 Å². The molecule has 5 heteroatoms. The third-order valence-electron chi connectivity index (χ3n) is 3.15. The highest BCUT2D eigenvalue weighted by molar-refractivity contribution is 5.78. The average molecular weight is 267 g/mol. The molecule has 0 aliphatic carbocycles. The maximum atomic E-state index is 4.33. The fraction of sp³-hybridized carbons (Fsp3) is 0.267. The first-order chi connectivity index (χ1) is 9.72. The van der Waals surface area contributed by atoms with Gasteiger partial charge in [0, 0.05) is 42.4 Å². The predicted octanol–water partition coefficient (Wildman–Crippen LogP) is 3.02. The van der Waals surface area contributed by atoms with Crippen molar-refractivity contribution in [3.05, 3.63) is 48.5 Å². The molecule has 2 heterocycles. The van der Waals surface area contributed by atoms with Gasteiger partial charge in [0.1, 0.15) is 0 Å². The summed E-state index contributed by atoms with van der Waals surface area (Å²) in [5.74, 6) is 0. The number of aromatic nitrogens is 4. The average Bonchev–Trinajstić information content (AvgIpc) is 2.94. The molecule has 0 aliphatic heterocycles. The topological polar surface area (TPSA) is 55.6 Å². The Labute approximate surface area is 117 Å². The molecule has 0 unspecified atom stereocenters. The number of rotatable bonds is 4. The van der Waals surface area contributed by atoms with Gasteiger partial charge >= 0.3 is 0 Å². The maximum Gasteiger partial charge on any atom is 0.0907 e. The van der Waals surface area contributed by atoms with E-state index in [1.54, 1.807) is 12.4 Å². The molecule has 1 aromatic carbocycles. The molecule has 3 rings (SSSR count). The van der Waals surface area contributed by atoms with E-state index in [1.807, 2.05) is 29.1 Å². The van der Waals surface area contributed by atoms with E-state index in [0.717, 1.165) is 28.8 Å². The monoisotopic (exact) mass is 267 g/mol. The third-order valence-corrected chi connectivity index (χ3v) is 3.15. The summed E-state index contributed by atoms with van der Waals surface area (Å²) in [5.41, 5.74) is 4.01. The van der Waals surface area contributed by atoms with Crippen LogP contribution in [0.4, 0.5) is 5.69 Å². The van der Waals surface area contributed by atoms with Gasteiger partial charge in [-0.05, 0) is 32.0 Å². The van der Waals surface area contributed by atoms with Gasteiger partial charge in [0.2, 0.25) is 0 Å². The van der Waals surface area contributed by atoms with Gasteiger partial charge in [-0.25, -0.2) is 0 Å². The van der Waals surface area contributed by atoms with Crippen LogP contribution in [0, 0.1) is 0 Å². The van der Waals surface area contributed by atoms with Gasteiger partial charge in [-0.15, -0.1) is 0 Å². The quantitative estimate of drug-likeness (QED) is 0.789. The van der Waals surface area contributed by atoms with E-state index in [2.05, 4.69) is 40.4 Å². The van der Waals surface area contributed by atoms with E-state index < -0.39 is 0 Å². The van der Waals surface area contributed by atoms with Crippen LogP contribution in [0.25, 0.3) is 11.0 Å². The number of fused-ring (bicyclic) bond motifs is 1. The van der Waals surface area contributed by atoms with Gasteiger partial charge in [-0.1, -0.05) is 0 Å². The SMILES string of the molecule is CC(C)n1cc(CNc2ccc3nccnc3c2)cn1. The largest absolute Gasteiger partial charge is 0.381 e. The lowest BCUT2D eigenvalue weighted by atomic mass is 10.2. The summed E-state index contributed by atoms with van der Waals surface area (Å²) >= 11 is 0. The Hall–Kier alpha value is -2.43. The van der Waals surface area contributed by atoms with Crippen LogP contribution in [-0.4, -0.2) is 19.7 Å². The molecule has 0 bridgehead atoms. The Morgan fingerprint density at radius 3 is 2.70 bits per heavy atom. The van der Waals surface area contributed by atoms with Crippen LogP contribution in [0.1, 0.15) is 25.5 Å². The number of anilines is 1. The summed E-state index contributed by atoms with van der Waals surface area (Å²) in [6.07, 6.45) is 7.38. The maximum absolute atomic E-state index is 4.33. The zero-order valence-electron chi connectivity index (χ0n) is 11.6. The minimum Gasteiger partial charge on any atom is -0.381 e. The number of hydrogen-bond acceptors (Lipinski definition) is 4. The van der Waals surface area contributed by atoms with Crippen LogP contribution in [-0.2, 0) is 6.54 Å². The molecule has 0 fully saturated rings. The van der Waals surface area contributed by atoms with E-state index in [1.165, 1.54) is 0 Å². The Balaban J connectivity index is 1.72. The molecule has 0 atom stereocenters. The highest BCUT2D eigenvalue weighted by Crippen LogP contribution is 2.16. The summed E-state index contributed by atoms with van der Waals surface area (Å²) in [7, 11) is 0. The lowest BCUT2D eigenvalue weighted by molar-refractivity contribution is 0.532. The molecule has 0 spiro atoms. The number of hydrogen-bond donors (Lipinski definition) is 1. The molecule has 0 radical (unpaired) electrons. The first-order valence-electron chi connectivity index (χ1n) is 6.70. The van der Waals surface area contributed by atoms with Crippen molar-refractivity contribution in [3.8, 4) is 0 Å². The van der Waals surface area contributed by atoms with Gasteiger partial charge in [0.25, 0.3) is 0 Å². The smallest absolute Gasteiger partial charge is 0.0907 e. The molecule has 0 saturated heterocycles. The van der Waals surface area contributed by atoms with Crippen molar-refractivity contribution < 1.29 is 0 Å². The van der Waals surface area contributed by atoms with Crippen molar-refractivity contribution in [1.82, 2.24) is 19.7 Å². The fourth-order valence-electron chi connectivity index (χ4n) is 2.03. The molecular weight excluding hydrogens is 250 g/mol. The Morgan fingerprint density at radius 2 is 1.95 bits per heavy atom. The minimum atomic E-state index is 0.389. The summed E-state index contributed by atoms with van der Waals surface area (Å²) < 4.78 is 1.96.